The Kier molecular flexibility index (Phi) is 5.77. The minimum atomic E-state index is -1.63. The van der Waals surface area contributed by atoms with Crippen molar-refractivity contribution in [2.75, 3.05) is 0 Å². The van der Waals surface area contributed by atoms with E-state index >= 15 is 0 Å². The van der Waals surface area contributed by atoms with Gasteiger partial charge in [0.2, 0.25) is 0 Å². The van der Waals surface area contributed by atoms with Crippen LogP contribution in [0.2, 0.25) is 5.02 Å². The van der Waals surface area contributed by atoms with Gasteiger partial charge < -0.3 is 0 Å². The topological polar surface area (TPSA) is 94.3 Å². The number of hydrogen-bond acceptors (Lipinski definition) is 5. The maximum absolute atomic E-state index is 12.8. The van der Waals surface area contributed by atoms with Crippen LogP contribution in [0.25, 0.3) is 0 Å². The zero-order valence-corrected chi connectivity index (χ0v) is 14.0. The van der Waals surface area contributed by atoms with Gasteiger partial charge in [0.1, 0.15) is 5.92 Å². The molecule has 0 amide bonds. The second-order valence-electron chi connectivity index (χ2n) is 5.27. The van der Waals surface area contributed by atoms with Gasteiger partial charge in [0.15, 0.2) is 17.3 Å². The highest BCUT2D eigenvalue weighted by Gasteiger charge is 2.37. The van der Waals surface area contributed by atoms with Crippen LogP contribution >= 0.6 is 11.6 Å². The van der Waals surface area contributed by atoms with Crippen molar-refractivity contribution in [3.63, 3.8) is 0 Å². The monoisotopic (exact) mass is 359 g/mol. The second-order valence-corrected chi connectivity index (χ2v) is 5.70. The van der Waals surface area contributed by atoms with Gasteiger partial charge in [-0.15, -0.1) is 0 Å². The van der Waals surface area contributed by atoms with Crippen molar-refractivity contribution in [2.45, 2.75) is 13.3 Å². The lowest BCUT2D eigenvalue weighted by Crippen LogP contribution is -2.32. The molecule has 128 valence electrons. The number of Topliss-reactive ketones (excluding diaryl/α,β-unsaturated/α-hetero) is 3. The molecule has 0 radical (unpaired) electrons. The average Bonchev–Trinajstić information content (AvgIpc) is 2.61. The number of nitrogens with zero attached hydrogens (tertiary/aromatic N) is 1. The van der Waals surface area contributed by atoms with E-state index in [0.717, 1.165) is 12.1 Å². The van der Waals surface area contributed by atoms with Crippen molar-refractivity contribution in [3.8, 4) is 0 Å². The van der Waals surface area contributed by atoms with Crippen molar-refractivity contribution in [3.05, 3.63) is 74.8 Å². The summed E-state index contributed by atoms with van der Waals surface area (Å²) in [5.74, 6) is -3.85. The van der Waals surface area contributed by atoms with Crippen LogP contribution in [0.3, 0.4) is 0 Å². The molecule has 1 unspecified atom stereocenters. The Morgan fingerprint density at radius 3 is 2.28 bits per heavy atom. The van der Waals surface area contributed by atoms with Crippen LogP contribution in [-0.4, -0.2) is 22.3 Å². The molecule has 1 atom stereocenters. The average molecular weight is 360 g/mol. The van der Waals surface area contributed by atoms with Gasteiger partial charge in [0, 0.05) is 23.1 Å². The smallest absolute Gasteiger partial charge is 0.280 e. The van der Waals surface area contributed by atoms with Gasteiger partial charge in [-0.1, -0.05) is 48.9 Å². The number of hydrogen-bond donors (Lipinski definition) is 0. The largest absolute Gasteiger partial charge is 0.298 e. The van der Waals surface area contributed by atoms with E-state index in [-0.39, 0.29) is 22.6 Å². The van der Waals surface area contributed by atoms with Crippen LogP contribution in [0, 0.1) is 16.0 Å². The molecular weight excluding hydrogens is 346 g/mol. The first-order chi connectivity index (χ1) is 11.9. The standard InChI is InChI=1S/C18H14ClNO5/c1-2-15(21)16(17(22)11-6-4-3-5-7-11)18(23)13-10-12(19)8-9-14(13)20(24)25/h3-10,16H,2H2,1H3. The zero-order chi connectivity index (χ0) is 18.6. The van der Waals surface area contributed by atoms with Gasteiger partial charge >= 0.3 is 0 Å². The molecule has 0 aliphatic carbocycles. The van der Waals surface area contributed by atoms with E-state index in [0.29, 0.717) is 0 Å². The van der Waals surface area contributed by atoms with Crippen molar-refractivity contribution in [2.24, 2.45) is 5.92 Å². The lowest BCUT2D eigenvalue weighted by Gasteiger charge is -2.13. The highest BCUT2D eigenvalue weighted by atomic mass is 35.5. The summed E-state index contributed by atoms with van der Waals surface area (Å²) in [5.41, 5.74) is -0.662. The predicted molar refractivity (Wildman–Crippen MR) is 92.0 cm³/mol. The summed E-state index contributed by atoms with van der Waals surface area (Å²) in [5, 5.41) is 11.3. The highest BCUT2D eigenvalue weighted by molar-refractivity contribution is 6.32. The first-order valence-electron chi connectivity index (χ1n) is 7.47. The Morgan fingerprint density at radius 1 is 1.08 bits per heavy atom. The molecule has 2 aromatic carbocycles. The molecule has 0 spiro atoms. The predicted octanol–water partition coefficient (Wildman–Crippen LogP) is 3.91. The Labute approximate surface area is 148 Å². The molecular formula is C18H14ClNO5. The van der Waals surface area contributed by atoms with Crippen LogP contribution in [-0.2, 0) is 4.79 Å². The number of rotatable bonds is 7. The van der Waals surface area contributed by atoms with Gasteiger partial charge in [0.25, 0.3) is 5.69 Å². The molecule has 6 nitrogen and oxygen atoms in total. The number of nitro groups is 1. The van der Waals surface area contributed by atoms with E-state index < -0.39 is 33.9 Å². The van der Waals surface area contributed by atoms with E-state index in [1.807, 2.05) is 0 Å². The van der Waals surface area contributed by atoms with Crippen molar-refractivity contribution in [1.29, 1.82) is 0 Å². The van der Waals surface area contributed by atoms with Gasteiger partial charge in [0.05, 0.1) is 10.5 Å². The summed E-state index contributed by atoms with van der Waals surface area (Å²) in [4.78, 5) is 48.2. The maximum atomic E-state index is 12.8. The molecule has 0 N–H and O–H groups in total. The SMILES string of the molecule is CCC(=O)C(C(=O)c1ccccc1)C(=O)c1cc(Cl)ccc1[N+](=O)[O-]. The highest BCUT2D eigenvalue weighted by Crippen LogP contribution is 2.27. The molecule has 0 aliphatic heterocycles. The minimum absolute atomic E-state index is 0.0522. The van der Waals surface area contributed by atoms with Crippen molar-refractivity contribution in [1.82, 2.24) is 0 Å². The maximum Gasteiger partial charge on any atom is 0.280 e. The summed E-state index contributed by atoms with van der Waals surface area (Å²) in [6, 6.07) is 11.3. The third-order valence-corrected chi connectivity index (χ3v) is 3.91. The van der Waals surface area contributed by atoms with Gasteiger partial charge in [-0.2, -0.15) is 0 Å². The third-order valence-electron chi connectivity index (χ3n) is 3.67. The first kappa shape index (κ1) is 18.5. The minimum Gasteiger partial charge on any atom is -0.298 e. The van der Waals surface area contributed by atoms with Crippen LogP contribution in [0.15, 0.2) is 48.5 Å². The molecule has 0 heterocycles. The second kappa shape index (κ2) is 7.81. The van der Waals surface area contributed by atoms with E-state index in [4.69, 9.17) is 11.6 Å². The number of carbonyl (C=O) groups excluding carboxylic acids is 3. The van der Waals surface area contributed by atoms with Crippen LogP contribution in [0.4, 0.5) is 5.69 Å². The molecule has 25 heavy (non-hydrogen) atoms. The molecule has 0 fully saturated rings. The number of halogens is 1. The number of nitro benzene ring substituents is 1. The summed E-state index contributed by atoms with van der Waals surface area (Å²) >= 11 is 5.84. The lowest BCUT2D eigenvalue weighted by atomic mass is 9.85. The normalized spacial score (nSPS) is 11.6. The fourth-order valence-electron chi connectivity index (χ4n) is 2.41. The van der Waals surface area contributed by atoms with Crippen LogP contribution in [0.5, 0.6) is 0 Å². The molecule has 0 aliphatic rings. The summed E-state index contributed by atoms with van der Waals surface area (Å²) in [6.07, 6.45) is -0.0522. The lowest BCUT2D eigenvalue weighted by molar-refractivity contribution is -0.385. The van der Waals surface area contributed by atoms with E-state index in [1.165, 1.54) is 25.1 Å². The van der Waals surface area contributed by atoms with Crippen LogP contribution < -0.4 is 0 Å². The Hall–Kier alpha value is -2.86. The summed E-state index contributed by atoms with van der Waals surface area (Å²) < 4.78 is 0. The van der Waals surface area contributed by atoms with Gasteiger partial charge in [-0.25, -0.2) is 0 Å². The van der Waals surface area contributed by atoms with Crippen molar-refractivity contribution >= 4 is 34.6 Å². The third kappa shape index (κ3) is 3.97. The number of carbonyl (C=O) groups is 3. The van der Waals surface area contributed by atoms with Crippen molar-refractivity contribution < 1.29 is 19.3 Å². The molecule has 7 heteroatoms. The first-order valence-corrected chi connectivity index (χ1v) is 7.84. The summed E-state index contributed by atoms with van der Waals surface area (Å²) in [7, 11) is 0. The molecule has 0 saturated carbocycles. The molecule has 0 aromatic heterocycles. The van der Waals surface area contributed by atoms with E-state index in [1.54, 1.807) is 18.2 Å². The molecule has 2 aromatic rings. The van der Waals surface area contributed by atoms with E-state index in [9.17, 15) is 24.5 Å². The van der Waals surface area contributed by atoms with E-state index in [2.05, 4.69) is 0 Å². The Morgan fingerprint density at radius 2 is 1.72 bits per heavy atom. The summed E-state index contributed by atoms with van der Waals surface area (Å²) in [6.45, 7) is 1.52. The molecule has 2 rings (SSSR count). The van der Waals surface area contributed by atoms with Gasteiger partial charge in [-0.05, 0) is 12.1 Å². The molecule has 0 saturated heterocycles. The quantitative estimate of drug-likeness (QED) is 0.323. The Balaban J connectivity index is 2.55. The number of benzene rings is 2. The fraction of sp³-hybridized carbons (Fsp3) is 0.167. The fourth-order valence-corrected chi connectivity index (χ4v) is 2.58. The zero-order valence-electron chi connectivity index (χ0n) is 13.3. The molecule has 0 bridgehead atoms. The van der Waals surface area contributed by atoms with Gasteiger partial charge in [-0.3, -0.25) is 24.5 Å². The van der Waals surface area contributed by atoms with Crippen LogP contribution in [0.1, 0.15) is 34.1 Å². The Bertz CT molecular complexity index is 848. The number of ketones is 3.